The Morgan fingerprint density at radius 3 is 2.03 bits per heavy atom. The van der Waals surface area contributed by atoms with Gasteiger partial charge in [0.15, 0.2) is 0 Å². The van der Waals surface area contributed by atoms with Gasteiger partial charge in [0.1, 0.15) is 0 Å². The fraction of sp³-hybridized carbons (Fsp3) is 0.462. The second-order valence-electron chi connectivity index (χ2n) is 9.62. The van der Waals surface area contributed by atoms with E-state index in [4.69, 9.17) is 0 Å². The minimum Gasteiger partial charge on any atom is -0.325 e. The number of nitrogens with one attached hydrogen (secondary N) is 1. The van der Waals surface area contributed by atoms with Gasteiger partial charge in [-0.1, -0.05) is 32.0 Å². The Hall–Kier alpha value is -3.08. The third kappa shape index (κ3) is 5.61. The van der Waals surface area contributed by atoms with Crippen molar-refractivity contribution in [2.24, 2.45) is 11.3 Å². The molecule has 0 aliphatic carbocycles. The molecule has 1 N–H and O–H groups in total. The lowest BCUT2D eigenvalue weighted by Crippen LogP contribution is -2.50. The number of para-hydroxylation sites is 1. The Morgan fingerprint density at radius 2 is 1.57 bits per heavy atom. The summed E-state index contributed by atoms with van der Waals surface area (Å²) in [7, 11) is 1.72. The van der Waals surface area contributed by atoms with Gasteiger partial charge in [0.2, 0.25) is 11.8 Å². The number of nitrogens with zero attached hydrogens (tertiary/aromatic N) is 2. The Kier molecular flexibility index (Phi) is 7.70. The van der Waals surface area contributed by atoms with E-state index < -0.39 is 46.4 Å². The summed E-state index contributed by atoms with van der Waals surface area (Å²) in [5.41, 5.74) is -2.93. The first kappa shape index (κ1) is 28.5. The van der Waals surface area contributed by atoms with E-state index in [2.05, 4.69) is 5.32 Å². The van der Waals surface area contributed by atoms with E-state index >= 15 is 0 Å². The highest BCUT2D eigenvalue weighted by Gasteiger charge is 2.56. The molecular formula is C26H29F6N3O2. The average molecular weight is 530 g/mol. The van der Waals surface area contributed by atoms with E-state index in [1.165, 1.54) is 4.90 Å². The number of carbonyl (C=O) groups excluding carboxylic acids is 2. The van der Waals surface area contributed by atoms with Crippen molar-refractivity contribution in [3.05, 3.63) is 58.7 Å². The van der Waals surface area contributed by atoms with Crippen LogP contribution in [-0.2, 0) is 21.9 Å². The maximum absolute atomic E-state index is 13.7. The van der Waals surface area contributed by atoms with E-state index in [1.54, 1.807) is 18.9 Å². The van der Waals surface area contributed by atoms with Crippen molar-refractivity contribution in [3.63, 3.8) is 0 Å². The van der Waals surface area contributed by atoms with Crippen LogP contribution in [0.4, 0.5) is 37.7 Å². The number of anilines is 2. The normalized spacial score (nSPS) is 20.6. The summed E-state index contributed by atoms with van der Waals surface area (Å²) in [5.74, 6) is -2.07. The fourth-order valence-corrected chi connectivity index (χ4v) is 4.79. The van der Waals surface area contributed by atoms with Crippen molar-refractivity contribution in [1.29, 1.82) is 0 Å². The van der Waals surface area contributed by atoms with Crippen molar-refractivity contribution < 1.29 is 35.9 Å². The maximum atomic E-state index is 13.7. The molecule has 0 unspecified atom stereocenters. The number of amides is 2. The summed E-state index contributed by atoms with van der Waals surface area (Å²) < 4.78 is 80.1. The van der Waals surface area contributed by atoms with E-state index in [0.29, 0.717) is 24.4 Å². The van der Waals surface area contributed by atoms with Crippen molar-refractivity contribution in [2.45, 2.75) is 40.0 Å². The molecular weight excluding hydrogens is 500 g/mol. The van der Waals surface area contributed by atoms with Crippen molar-refractivity contribution >= 4 is 23.2 Å². The Morgan fingerprint density at radius 1 is 1.05 bits per heavy atom. The van der Waals surface area contributed by atoms with Crippen molar-refractivity contribution in [1.82, 2.24) is 4.90 Å². The maximum Gasteiger partial charge on any atom is 0.416 e. The van der Waals surface area contributed by atoms with E-state index in [0.717, 1.165) is 11.1 Å². The van der Waals surface area contributed by atoms with Crippen LogP contribution in [0.1, 0.15) is 36.1 Å². The molecule has 1 heterocycles. The SMILES string of the molecule is CCN(C)C[C@@]1(C(=O)Nc2cc(C(F)(F)F)cc(C(F)(F)F)c2)CN(c2c(C)cccc2C)C(=O)[C@H]1C. The predicted molar refractivity (Wildman–Crippen MR) is 128 cm³/mol. The van der Waals surface area contributed by atoms with Gasteiger partial charge in [-0.25, -0.2) is 0 Å². The number of carbonyl (C=O) groups is 2. The highest BCUT2D eigenvalue weighted by Crippen LogP contribution is 2.43. The summed E-state index contributed by atoms with van der Waals surface area (Å²) in [6, 6.07) is 6.40. The minimum absolute atomic E-state index is 0.000691. The van der Waals surface area contributed by atoms with Crippen LogP contribution in [0.5, 0.6) is 0 Å². The van der Waals surface area contributed by atoms with Crippen LogP contribution >= 0.6 is 0 Å². The molecule has 0 radical (unpaired) electrons. The van der Waals surface area contributed by atoms with Gasteiger partial charge in [-0.15, -0.1) is 0 Å². The molecule has 0 spiro atoms. The van der Waals surface area contributed by atoms with Crippen LogP contribution in [0.15, 0.2) is 36.4 Å². The van der Waals surface area contributed by atoms with Gasteiger partial charge >= 0.3 is 12.4 Å². The minimum atomic E-state index is -5.06. The molecule has 1 fully saturated rings. The zero-order valence-electron chi connectivity index (χ0n) is 21.1. The molecule has 202 valence electrons. The number of aryl methyl sites for hydroxylation is 2. The van der Waals surface area contributed by atoms with Gasteiger partial charge in [-0.05, 0) is 56.8 Å². The molecule has 0 aromatic heterocycles. The summed E-state index contributed by atoms with van der Waals surface area (Å²) in [6.07, 6.45) is -10.1. The van der Waals surface area contributed by atoms with Gasteiger partial charge in [-0.3, -0.25) is 9.59 Å². The van der Waals surface area contributed by atoms with E-state index in [9.17, 15) is 35.9 Å². The monoisotopic (exact) mass is 529 g/mol. The molecule has 5 nitrogen and oxygen atoms in total. The Balaban J connectivity index is 2.09. The first-order valence-corrected chi connectivity index (χ1v) is 11.7. The first-order chi connectivity index (χ1) is 17.0. The largest absolute Gasteiger partial charge is 0.416 e. The lowest BCUT2D eigenvalue weighted by molar-refractivity contribution is -0.143. The number of halogens is 6. The smallest absolute Gasteiger partial charge is 0.325 e. The lowest BCUT2D eigenvalue weighted by atomic mass is 9.77. The number of alkyl halides is 6. The number of hydrogen-bond acceptors (Lipinski definition) is 3. The topological polar surface area (TPSA) is 52.7 Å². The molecule has 2 amide bonds. The van der Waals surface area contributed by atoms with Gasteiger partial charge < -0.3 is 15.1 Å². The van der Waals surface area contributed by atoms with Crippen LogP contribution in [0.3, 0.4) is 0 Å². The highest BCUT2D eigenvalue weighted by atomic mass is 19.4. The van der Waals surface area contributed by atoms with Crippen LogP contribution in [0.2, 0.25) is 0 Å². The summed E-state index contributed by atoms with van der Waals surface area (Å²) in [5, 5.41) is 2.29. The second kappa shape index (κ2) is 10.00. The first-order valence-electron chi connectivity index (χ1n) is 11.7. The van der Waals surface area contributed by atoms with Gasteiger partial charge in [0.25, 0.3) is 0 Å². The third-order valence-corrected chi connectivity index (χ3v) is 7.00. The summed E-state index contributed by atoms with van der Waals surface area (Å²) in [6.45, 7) is 7.51. The summed E-state index contributed by atoms with van der Waals surface area (Å²) in [4.78, 5) is 30.5. The summed E-state index contributed by atoms with van der Waals surface area (Å²) >= 11 is 0. The molecule has 0 saturated carbocycles. The zero-order valence-corrected chi connectivity index (χ0v) is 21.1. The molecule has 2 aromatic rings. The molecule has 0 bridgehead atoms. The van der Waals surface area contributed by atoms with Crippen LogP contribution in [-0.4, -0.2) is 43.4 Å². The van der Waals surface area contributed by atoms with Crippen molar-refractivity contribution in [3.8, 4) is 0 Å². The third-order valence-electron chi connectivity index (χ3n) is 7.00. The zero-order chi connectivity index (χ0) is 27.9. The molecule has 1 aliphatic heterocycles. The Labute approximate surface area is 211 Å². The molecule has 37 heavy (non-hydrogen) atoms. The molecule has 2 atom stereocenters. The number of rotatable bonds is 6. The van der Waals surface area contributed by atoms with Gasteiger partial charge in [-0.2, -0.15) is 26.3 Å². The molecule has 11 heteroatoms. The van der Waals surface area contributed by atoms with Gasteiger partial charge in [0.05, 0.1) is 22.5 Å². The lowest BCUT2D eigenvalue weighted by Gasteiger charge is -2.34. The quantitative estimate of drug-likeness (QED) is 0.474. The number of hydrogen-bond donors (Lipinski definition) is 1. The molecule has 1 aliphatic rings. The second-order valence-corrected chi connectivity index (χ2v) is 9.62. The molecule has 1 saturated heterocycles. The number of benzene rings is 2. The predicted octanol–water partition coefficient (Wildman–Crippen LogP) is 5.90. The molecule has 3 rings (SSSR count). The fourth-order valence-electron chi connectivity index (χ4n) is 4.79. The van der Waals surface area contributed by atoms with E-state index in [1.807, 2.05) is 39.0 Å². The highest BCUT2D eigenvalue weighted by molar-refractivity contribution is 6.08. The van der Waals surface area contributed by atoms with Crippen molar-refractivity contribution in [2.75, 3.05) is 36.9 Å². The van der Waals surface area contributed by atoms with Crippen LogP contribution in [0.25, 0.3) is 0 Å². The standard InChI is InChI=1S/C26H29F6N3O2/c1-6-34(5)13-24(14-35(22(36)17(24)4)21-15(2)8-7-9-16(21)3)23(37)33-20-11-18(25(27,28)29)10-19(12-20)26(30,31)32/h7-12,17H,6,13-14H2,1-5H3,(H,33,37)/t17-,24-/m1/s1. The van der Waals surface area contributed by atoms with Crippen LogP contribution < -0.4 is 10.2 Å². The van der Waals surface area contributed by atoms with E-state index in [-0.39, 0.29) is 25.1 Å². The Bertz CT molecular complexity index is 1140. The van der Waals surface area contributed by atoms with Gasteiger partial charge in [0, 0.05) is 24.5 Å². The van der Waals surface area contributed by atoms with Crippen LogP contribution in [0, 0.1) is 25.2 Å². The molecule has 2 aromatic carbocycles. The average Bonchev–Trinajstić information content (AvgIpc) is 3.03.